The molecule has 0 spiro atoms. The van der Waals surface area contributed by atoms with Gasteiger partial charge in [0.25, 0.3) is 0 Å². The lowest BCUT2D eigenvalue weighted by molar-refractivity contribution is -0.133. The Labute approximate surface area is 149 Å². The van der Waals surface area contributed by atoms with Crippen LogP contribution in [0, 0.1) is 5.92 Å². The summed E-state index contributed by atoms with van der Waals surface area (Å²) >= 11 is 5.23. The maximum atomic E-state index is 12.3. The minimum Gasteiger partial charge on any atom is -0.340 e. The average Bonchev–Trinajstić information content (AvgIpc) is 3.05. The number of halogens is 1. The highest BCUT2D eigenvalue weighted by molar-refractivity contribution is 9.11. The van der Waals surface area contributed by atoms with Crippen LogP contribution in [0.4, 0.5) is 0 Å². The van der Waals surface area contributed by atoms with E-state index in [2.05, 4.69) is 33.0 Å². The van der Waals surface area contributed by atoms with Crippen molar-refractivity contribution in [2.45, 2.75) is 19.4 Å². The monoisotopic (exact) mass is 420 g/mol. The topological polar surface area (TPSA) is 57.7 Å². The molecule has 23 heavy (non-hydrogen) atoms. The minimum absolute atomic E-state index is 0.0222. The Hall–Kier alpha value is -0.440. The van der Waals surface area contributed by atoms with Crippen LogP contribution in [-0.4, -0.2) is 61.8 Å². The van der Waals surface area contributed by atoms with Crippen LogP contribution >= 0.6 is 27.3 Å². The highest BCUT2D eigenvalue weighted by Gasteiger charge is 2.31. The number of hydrogen-bond acceptors (Lipinski definition) is 5. The van der Waals surface area contributed by atoms with Crippen LogP contribution < -0.4 is 0 Å². The molecule has 1 aromatic rings. The molecule has 1 amide bonds. The van der Waals surface area contributed by atoms with Crippen molar-refractivity contribution >= 4 is 43.0 Å². The molecule has 0 radical (unpaired) electrons. The van der Waals surface area contributed by atoms with E-state index >= 15 is 0 Å². The summed E-state index contributed by atoms with van der Waals surface area (Å²) in [7, 11) is -2.89. The average molecular weight is 421 g/mol. The van der Waals surface area contributed by atoms with Crippen LogP contribution in [0.25, 0.3) is 0 Å². The van der Waals surface area contributed by atoms with E-state index in [4.69, 9.17) is 0 Å². The Morgan fingerprint density at radius 1 is 1.26 bits per heavy atom. The molecule has 3 heterocycles. The first-order valence-corrected chi connectivity index (χ1v) is 11.3. The molecular weight excluding hydrogens is 400 g/mol. The summed E-state index contributed by atoms with van der Waals surface area (Å²) in [4.78, 5) is 17.9. The standard InChI is InChI=1S/C15H21BrN2O3S2/c16-14-2-1-13(22-14)10-17-4-6-18(7-5-17)15(19)9-12-3-8-23(20,21)11-12/h1-2,12H,3-11H2. The van der Waals surface area contributed by atoms with Crippen molar-refractivity contribution in [3.8, 4) is 0 Å². The second-order valence-electron chi connectivity index (χ2n) is 6.34. The van der Waals surface area contributed by atoms with Gasteiger partial charge in [-0.15, -0.1) is 11.3 Å². The normalized spacial score (nSPS) is 24.9. The third-order valence-corrected chi connectivity index (χ3v) is 7.97. The number of piperazine rings is 1. The first-order chi connectivity index (χ1) is 10.9. The van der Waals surface area contributed by atoms with Crippen LogP contribution in [-0.2, 0) is 21.2 Å². The molecule has 0 aromatic carbocycles. The predicted molar refractivity (Wildman–Crippen MR) is 95.3 cm³/mol. The third kappa shape index (κ3) is 4.78. The van der Waals surface area contributed by atoms with Crippen molar-refractivity contribution in [3.05, 3.63) is 20.8 Å². The Morgan fingerprint density at radius 3 is 2.57 bits per heavy atom. The van der Waals surface area contributed by atoms with E-state index in [1.54, 1.807) is 11.3 Å². The summed E-state index contributed by atoms with van der Waals surface area (Å²) < 4.78 is 24.1. The molecule has 1 atom stereocenters. The van der Waals surface area contributed by atoms with Gasteiger partial charge in [0.05, 0.1) is 15.3 Å². The Kier molecular flexibility index (Phi) is 5.45. The molecule has 0 bridgehead atoms. The number of rotatable bonds is 4. The van der Waals surface area contributed by atoms with E-state index in [1.165, 1.54) is 4.88 Å². The molecule has 128 valence electrons. The second-order valence-corrected chi connectivity index (χ2v) is 11.1. The summed E-state index contributed by atoms with van der Waals surface area (Å²) in [5, 5.41) is 0. The molecule has 0 saturated carbocycles. The highest BCUT2D eigenvalue weighted by Crippen LogP contribution is 2.25. The first-order valence-electron chi connectivity index (χ1n) is 7.86. The maximum Gasteiger partial charge on any atom is 0.222 e. The lowest BCUT2D eigenvalue weighted by atomic mass is 10.0. The summed E-state index contributed by atoms with van der Waals surface area (Å²) in [6, 6.07) is 4.20. The van der Waals surface area contributed by atoms with Gasteiger partial charge in [0, 0.05) is 44.0 Å². The number of nitrogens with zero attached hydrogens (tertiary/aromatic N) is 2. The van der Waals surface area contributed by atoms with Crippen molar-refractivity contribution < 1.29 is 13.2 Å². The second kappa shape index (κ2) is 7.21. The van der Waals surface area contributed by atoms with Gasteiger partial charge in [-0.2, -0.15) is 0 Å². The molecule has 0 aliphatic carbocycles. The van der Waals surface area contributed by atoms with E-state index < -0.39 is 9.84 Å². The van der Waals surface area contributed by atoms with Gasteiger partial charge >= 0.3 is 0 Å². The third-order valence-electron chi connectivity index (χ3n) is 4.52. The van der Waals surface area contributed by atoms with Gasteiger partial charge in [-0.3, -0.25) is 9.69 Å². The van der Waals surface area contributed by atoms with Crippen molar-refractivity contribution in [2.24, 2.45) is 5.92 Å². The molecule has 2 aliphatic rings. The quantitative estimate of drug-likeness (QED) is 0.746. The van der Waals surface area contributed by atoms with Crippen LogP contribution in [0.3, 0.4) is 0 Å². The zero-order valence-corrected chi connectivity index (χ0v) is 16.1. The van der Waals surface area contributed by atoms with Gasteiger partial charge in [-0.25, -0.2) is 8.42 Å². The summed E-state index contributed by atoms with van der Waals surface area (Å²) in [5.74, 6) is 0.570. The van der Waals surface area contributed by atoms with Crippen molar-refractivity contribution in [2.75, 3.05) is 37.7 Å². The van der Waals surface area contributed by atoms with Crippen LogP contribution in [0.5, 0.6) is 0 Å². The summed E-state index contributed by atoms with van der Waals surface area (Å²) in [6.45, 7) is 4.17. The molecule has 5 nitrogen and oxygen atoms in total. The maximum absolute atomic E-state index is 12.3. The largest absolute Gasteiger partial charge is 0.340 e. The van der Waals surface area contributed by atoms with E-state index in [0.29, 0.717) is 12.8 Å². The summed E-state index contributed by atoms with van der Waals surface area (Å²) in [6.07, 6.45) is 1.03. The Balaban J connectivity index is 1.44. The van der Waals surface area contributed by atoms with Gasteiger partial charge in [-0.05, 0) is 40.4 Å². The molecule has 8 heteroatoms. The van der Waals surface area contributed by atoms with E-state index in [1.807, 2.05) is 4.90 Å². The zero-order valence-electron chi connectivity index (χ0n) is 12.9. The van der Waals surface area contributed by atoms with Gasteiger partial charge in [0.1, 0.15) is 0 Å². The van der Waals surface area contributed by atoms with E-state index in [9.17, 15) is 13.2 Å². The van der Waals surface area contributed by atoms with Crippen molar-refractivity contribution in [1.29, 1.82) is 0 Å². The molecule has 3 rings (SSSR count). The number of carbonyl (C=O) groups is 1. The van der Waals surface area contributed by atoms with Gasteiger partial charge in [0.15, 0.2) is 9.84 Å². The smallest absolute Gasteiger partial charge is 0.222 e. The first kappa shape index (κ1) is 17.4. The zero-order chi connectivity index (χ0) is 16.4. The van der Waals surface area contributed by atoms with Crippen LogP contribution in [0.1, 0.15) is 17.7 Å². The molecular formula is C15H21BrN2O3S2. The lowest BCUT2D eigenvalue weighted by Gasteiger charge is -2.35. The van der Waals surface area contributed by atoms with Crippen LogP contribution in [0.2, 0.25) is 0 Å². The fourth-order valence-corrected chi connectivity index (χ4v) is 6.61. The Morgan fingerprint density at radius 2 is 2.00 bits per heavy atom. The fraction of sp³-hybridized carbons (Fsp3) is 0.667. The number of hydrogen-bond donors (Lipinski definition) is 0. The minimum atomic E-state index is -2.89. The number of amides is 1. The van der Waals surface area contributed by atoms with E-state index in [0.717, 1.165) is 36.5 Å². The van der Waals surface area contributed by atoms with Gasteiger partial charge in [0.2, 0.25) is 5.91 Å². The van der Waals surface area contributed by atoms with E-state index in [-0.39, 0.29) is 23.3 Å². The number of sulfone groups is 1. The molecule has 2 fully saturated rings. The number of carbonyl (C=O) groups excluding carboxylic acids is 1. The fourth-order valence-electron chi connectivity index (χ4n) is 3.22. The Bertz CT molecular complexity index is 666. The summed E-state index contributed by atoms with van der Waals surface area (Å²) in [5.41, 5.74) is 0. The van der Waals surface area contributed by atoms with Gasteiger partial charge < -0.3 is 4.90 Å². The lowest BCUT2D eigenvalue weighted by Crippen LogP contribution is -2.48. The van der Waals surface area contributed by atoms with Crippen LogP contribution in [0.15, 0.2) is 15.9 Å². The van der Waals surface area contributed by atoms with Crippen molar-refractivity contribution in [1.82, 2.24) is 9.80 Å². The molecule has 0 N–H and O–H groups in total. The molecule has 2 saturated heterocycles. The molecule has 2 aliphatic heterocycles. The van der Waals surface area contributed by atoms with Gasteiger partial charge in [-0.1, -0.05) is 0 Å². The SMILES string of the molecule is O=C(CC1CCS(=O)(=O)C1)N1CCN(Cc2ccc(Br)s2)CC1. The highest BCUT2D eigenvalue weighted by atomic mass is 79.9. The predicted octanol–water partition coefficient (Wildman–Crippen LogP) is 1.98. The number of thiophene rings is 1. The molecule has 1 unspecified atom stereocenters. The molecule has 1 aromatic heterocycles. The van der Waals surface area contributed by atoms with Crippen molar-refractivity contribution in [3.63, 3.8) is 0 Å².